The first-order chi connectivity index (χ1) is 24.1. The van der Waals surface area contributed by atoms with Crippen molar-refractivity contribution in [1.29, 1.82) is 0 Å². The van der Waals surface area contributed by atoms with Crippen LogP contribution >= 0.6 is 0 Å². The second kappa shape index (κ2) is 20.0. The average molecular weight is 863 g/mol. The molecule has 2 heterocycles. The van der Waals surface area contributed by atoms with E-state index in [1.807, 2.05) is 60.3 Å². The number of amides is 1. The van der Waals surface area contributed by atoms with Crippen molar-refractivity contribution in [3.05, 3.63) is 42.0 Å². The van der Waals surface area contributed by atoms with Crippen LogP contribution in [0.25, 0.3) is 21.7 Å². The number of aromatic nitrogens is 1. The summed E-state index contributed by atoms with van der Waals surface area (Å²) in [7, 11) is 5.59. The molecule has 1 saturated heterocycles. The van der Waals surface area contributed by atoms with Crippen LogP contribution in [0.5, 0.6) is 0 Å². The molecule has 0 aliphatic carbocycles. The molecule has 0 saturated carbocycles. The van der Waals surface area contributed by atoms with Crippen molar-refractivity contribution in [1.82, 2.24) is 24.5 Å². The van der Waals surface area contributed by atoms with Crippen LogP contribution in [0.4, 0.5) is 5.69 Å². The van der Waals surface area contributed by atoms with Crippen LogP contribution in [0.1, 0.15) is 5.56 Å². The number of carboxylic acids is 3. The van der Waals surface area contributed by atoms with Crippen LogP contribution in [0.15, 0.2) is 36.4 Å². The van der Waals surface area contributed by atoms with Gasteiger partial charge in [0.05, 0.1) is 37.0 Å². The molecule has 2 aromatic carbocycles. The predicted molar refractivity (Wildman–Crippen MR) is 192 cm³/mol. The summed E-state index contributed by atoms with van der Waals surface area (Å²) < 4.78 is 1.77. The van der Waals surface area contributed by atoms with Gasteiger partial charge in [-0.15, -0.1) is 0 Å². The summed E-state index contributed by atoms with van der Waals surface area (Å²) in [4.78, 5) is 58.9. The number of hydrogen-bond donors (Lipinski definition) is 5. The molecule has 3 aromatic rings. The van der Waals surface area contributed by atoms with E-state index in [1.165, 1.54) is 0 Å². The fourth-order valence-corrected chi connectivity index (χ4v) is 6.65. The Morgan fingerprint density at radius 2 is 1.17 bits per heavy atom. The van der Waals surface area contributed by atoms with Gasteiger partial charge in [0.25, 0.3) is 0 Å². The van der Waals surface area contributed by atoms with Crippen molar-refractivity contribution in [3.63, 3.8) is 0 Å². The van der Waals surface area contributed by atoms with Gasteiger partial charge in [-0.25, -0.2) is 4.57 Å². The monoisotopic (exact) mass is 863 g/mol. The number of anilines is 1. The number of aliphatic carboxylic acids is 3. The predicted octanol–water partition coefficient (Wildman–Crippen LogP) is -2.00. The maximum absolute atomic E-state index is 13.7. The van der Waals surface area contributed by atoms with Gasteiger partial charge in [0, 0.05) is 147 Å². The molecule has 0 spiro atoms. The number of hydrogen-bond acceptors (Lipinski definition) is 11. The molecule has 18 heteroatoms. The third-order valence-electron chi connectivity index (χ3n) is 9.31. The fraction of sp³-hybridized carbons (Fsp3) is 0.500. The van der Waals surface area contributed by atoms with Gasteiger partial charge in [0.15, 0.2) is 0 Å². The second-order valence-corrected chi connectivity index (χ2v) is 13.3. The van der Waals surface area contributed by atoms with E-state index in [2.05, 4.69) is 0 Å². The second-order valence-electron chi connectivity index (χ2n) is 13.3. The molecular weight excluding hydrogens is 813 g/mol. The molecule has 4 rings (SSSR count). The SMILES string of the molecule is CN(Cc1ccc2c(c1)c1cccc(N(C)C)c1c(B(O)O)[n+]2C)C(=O)CN1CCN(CC(=O)O)CCN(CC(=O)O)CCN(CC(=O)O)CC1.[Eu]. The van der Waals surface area contributed by atoms with E-state index < -0.39 is 25.0 Å². The molecule has 16 nitrogen and oxygen atoms in total. The van der Waals surface area contributed by atoms with Gasteiger partial charge < -0.3 is 35.2 Å². The Bertz CT molecular complexity index is 1720. The Kier molecular flexibility index (Phi) is 16.8. The van der Waals surface area contributed by atoms with E-state index in [0.29, 0.717) is 69.9 Å². The largest absolute Gasteiger partial charge is 0.562 e. The summed E-state index contributed by atoms with van der Waals surface area (Å²) >= 11 is 0. The number of benzene rings is 2. The Hall–Kier alpha value is -2.80. The Morgan fingerprint density at radius 1 is 0.712 bits per heavy atom. The smallest absolute Gasteiger partial charge is 0.480 e. The van der Waals surface area contributed by atoms with Crippen molar-refractivity contribution in [3.8, 4) is 0 Å². The summed E-state index contributed by atoms with van der Waals surface area (Å²) in [6, 6.07) is 11.6. The molecule has 52 heavy (non-hydrogen) atoms. The number of nitrogens with zero attached hydrogens (tertiary/aromatic N) is 7. The van der Waals surface area contributed by atoms with Crippen LogP contribution in [0.3, 0.4) is 0 Å². The number of aryl methyl sites for hydroxylation is 1. The van der Waals surface area contributed by atoms with Gasteiger partial charge in [0.1, 0.15) is 7.05 Å². The van der Waals surface area contributed by atoms with E-state index in [4.69, 9.17) is 0 Å². The number of fused-ring (bicyclic) bond motifs is 3. The first-order valence-corrected chi connectivity index (χ1v) is 16.8. The van der Waals surface area contributed by atoms with E-state index in [1.54, 1.807) is 38.3 Å². The van der Waals surface area contributed by atoms with E-state index in [-0.39, 0.29) is 81.5 Å². The normalized spacial score (nSPS) is 15.7. The van der Waals surface area contributed by atoms with Crippen molar-refractivity contribution < 1.29 is 98.5 Å². The summed E-state index contributed by atoms with van der Waals surface area (Å²) in [5, 5.41) is 51.6. The molecule has 1 amide bonds. The number of likely N-dealkylation sites (N-methyl/N-ethyl adjacent to an activating group) is 1. The minimum Gasteiger partial charge on any atom is -0.480 e. The molecule has 0 bridgehead atoms. The van der Waals surface area contributed by atoms with Crippen molar-refractivity contribution in [2.45, 2.75) is 6.54 Å². The minimum atomic E-state index is -1.70. The standard InChI is InChI=1S/C34H48BN7O9.Eu/c1-36(2)28-7-5-6-25-26-18-24(8-9-27(26)38(4)34(33(25)28)35(50)51)19-37(3)29(43)20-39-10-12-40(21-30(44)45)14-16-42(23-32(48)49)17-15-41(13-11-39)22-31(46)47;/h5-9,18,50-51H,10-17,19-23H2,1-4H3,(H2-,44,45,46,47,48,49);/p+1. The van der Waals surface area contributed by atoms with E-state index in [0.717, 1.165) is 27.5 Å². The zero-order chi connectivity index (χ0) is 37.4. The third kappa shape index (κ3) is 11.9. The Balaban J connectivity index is 0.00000729. The van der Waals surface area contributed by atoms with Gasteiger partial charge >= 0.3 is 25.0 Å². The third-order valence-corrected chi connectivity index (χ3v) is 9.31. The van der Waals surface area contributed by atoms with Crippen molar-refractivity contribution in [2.75, 3.05) is 105 Å². The number of carbonyl (C=O) groups excluding carboxylic acids is 1. The van der Waals surface area contributed by atoms with Gasteiger partial charge in [-0.05, 0) is 17.7 Å². The van der Waals surface area contributed by atoms with Crippen LogP contribution in [0.2, 0.25) is 0 Å². The molecule has 0 atom stereocenters. The van der Waals surface area contributed by atoms with Crippen LogP contribution < -0.4 is 15.1 Å². The zero-order valence-electron chi connectivity index (χ0n) is 30.1. The van der Waals surface area contributed by atoms with Crippen molar-refractivity contribution >= 4 is 63.9 Å². The molecule has 5 N–H and O–H groups in total. The van der Waals surface area contributed by atoms with Crippen LogP contribution in [0, 0.1) is 49.4 Å². The number of carboxylic acid groups (broad SMARTS) is 3. The van der Waals surface area contributed by atoms with Gasteiger partial charge in [-0.1, -0.05) is 18.2 Å². The van der Waals surface area contributed by atoms with Crippen LogP contribution in [-0.4, -0.2) is 180 Å². The van der Waals surface area contributed by atoms with Gasteiger partial charge in [-0.2, -0.15) is 0 Å². The topological polar surface area (TPSA) is 193 Å². The fourth-order valence-electron chi connectivity index (χ4n) is 6.65. The molecule has 1 radical (unpaired) electrons. The van der Waals surface area contributed by atoms with Gasteiger partial charge in [-0.3, -0.25) is 38.8 Å². The summed E-state index contributed by atoms with van der Waals surface area (Å²) in [6.07, 6.45) is 0. The molecule has 283 valence electrons. The molecule has 1 aliphatic rings. The van der Waals surface area contributed by atoms with Crippen LogP contribution in [-0.2, 0) is 32.8 Å². The Labute approximate surface area is 344 Å². The summed E-state index contributed by atoms with van der Waals surface area (Å²) in [6.45, 7) is 2.09. The number of pyridine rings is 1. The molecular formula is C34H49BEuN7O9+. The maximum atomic E-state index is 13.7. The minimum absolute atomic E-state index is 0. The Morgan fingerprint density at radius 3 is 1.60 bits per heavy atom. The number of rotatable bonds is 12. The summed E-state index contributed by atoms with van der Waals surface area (Å²) in [5.41, 5.74) is 2.86. The molecule has 1 fully saturated rings. The number of carbonyl (C=O) groups is 4. The average Bonchev–Trinajstić information content (AvgIpc) is 3.04. The summed E-state index contributed by atoms with van der Waals surface area (Å²) in [5.74, 6) is -3.22. The van der Waals surface area contributed by atoms with Gasteiger partial charge in [0.2, 0.25) is 17.0 Å². The molecule has 0 unspecified atom stereocenters. The maximum Gasteiger partial charge on any atom is 0.562 e. The first kappa shape index (κ1) is 43.6. The zero-order valence-corrected chi connectivity index (χ0v) is 32.5. The van der Waals surface area contributed by atoms with E-state index in [9.17, 15) is 44.5 Å². The first-order valence-electron chi connectivity index (χ1n) is 16.8. The molecule has 1 aliphatic heterocycles. The quantitative estimate of drug-likeness (QED) is 0.0764. The van der Waals surface area contributed by atoms with Crippen molar-refractivity contribution in [2.24, 2.45) is 7.05 Å². The molecule has 1 aromatic heterocycles. The van der Waals surface area contributed by atoms with E-state index >= 15 is 0 Å².